The number of nitrogens with zero attached hydrogens (tertiary/aromatic N) is 1. The third-order valence-electron chi connectivity index (χ3n) is 5.08. The van der Waals surface area contributed by atoms with Gasteiger partial charge in [0.05, 0.1) is 7.11 Å². The summed E-state index contributed by atoms with van der Waals surface area (Å²) in [5, 5.41) is 0. The summed E-state index contributed by atoms with van der Waals surface area (Å²) in [6, 6.07) is 16.5. The van der Waals surface area contributed by atoms with E-state index in [9.17, 15) is 4.79 Å². The number of hydrogen-bond donors (Lipinski definition) is 0. The highest BCUT2D eigenvalue weighted by atomic mass is 16.5. The highest BCUT2D eigenvalue weighted by Gasteiger charge is 2.54. The molecule has 0 saturated carbocycles. The molecule has 5 nitrogen and oxygen atoms in total. The molecule has 3 atom stereocenters. The molecule has 1 saturated heterocycles. The Kier molecular flexibility index (Phi) is 6.95. The number of amides is 1. The summed E-state index contributed by atoms with van der Waals surface area (Å²) in [5.74, 6) is 1.26. The minimum absolute atomic E-state index is 0.115. The fraction of sp³-hybridized carbons (Fsp3) is 0.240. The molecule has 1 aliphatic rings. The number of methoxy groups -OCH3 is 2. The highest BCUT2D eigenvalue weighted by molar-refractivity contribution is 5.90. The van der Waals surface area contributed by atoms with E-state index in [0.717, 1.165) is 16.9 Å². The van der Waals surface area contributed by atoms with Crippen LogP contribution < -0.4 is 9.47 Å². The van der Waals surface area contributed by atoms with Crippen LogP contribution in [0.1, 0.15) is 5.56 Å². The molecule has 0 spiro atoms. The first-order valence-electron chi connectivity index (χ1n) is 9.58. The van der Waals surface area contributed by atoms with Crippen LogP contribution in [0.3, 0.4) is 0 Å². The summed E-state index contributed by atoms with van der Waals surface area (Å²) >= 11 is 0. The third kappa shape index (κ3) is 4.24. The number of carbonyl (C=O) groups excluding carboxylic acids is 1. The molecule has 1 heterocycles. The molecule has 0 aliphatic carbocycles. The fourth-order valence-corrected chi connectivity index (χ4v) is 3.57. The van der Waals surface area contributed by atoms with Gasteiger partial charge in [0.25, 0.3) is 5.91 Å². The van der Waals surface area contributed by atoms with E-state index in [0.29, 0.717) is 12.3 Å². The van der Waals surface area contributed by atoms with Crippen LogP contribution in [-0.4, -0.2) is 49.8 Å². The zero-order valence-electron chi connectivity index (χ0n) is 17.2. The summed E-state index contributed by atoms with van der Waals surface area (Å²) in [7, 11) is 3.23. The molecule has 1 fully saturated rings. The van der Waals surface area contributed by atoms with Crippen molar-refractivity contribution >= 4 is 11.5 Å². The quantitative estimate of drug-likeness (QED) is 0.471. The molecular formula is C25H25NO4. The predicted octanol–water partition coefficient (Wildman–Crippen LogP) is 3.88. The Morgan fingerprint density at radius 1 is 1.10 bits per heavy atom. The topological polar surface area (TPSA) is 48.0 Å². The first kappa shape index (κ1) is 21.2. The Labute approximate surface area is 177 Å². The van der Waals surface area contributed by atoms with Crippen LogP contribution in [0.2, 0.25) is 0 Å². The van der Waals surface area contributed by atoms with Gasteiger partial charge in [-0.2, -0.15) is 0 Å². The molecule has 0 aromatic heterocycles. The van der Waals surface area contributed by atoms with Gasteiger partial charge >= 0.3 is 0 Å². The normalized spacial score (nSPS) is 18.5. The van der Waals surface area contributed by atoms with Crippen LogP contribution in [0.25, 0.3) is 5.57 Å². The second-order valence-electron chi connectivity index (χ2n) is 6.72. The summed E-state index contributed by atoms with van der Waals surface area (Å²) in [6.07, 6.45) is 0.541. The lowest BCUT2D eigenvalue weighted by Gasteiger charge is -2.49. The molecule has 5 heteroatoms. The van der Waals surface area contributed by atoms with Gasteiger partial charge in [-0.3, -0.25) is 4.79 Å². The van der Waals surface area contributed by atoms with Crippen molar-refractivity contribution in [3.05, 3.63) is 90.9 Å². The second kappa shape index (κ2) is 9.82. The zero-order chi connectivity index (χ0) is 21.5. The smallest absolute Gasteiger partial charge is 0.266 e. The van der Waals surface area contributed by atoms with Gasteiger partial charge in [-0.25, -0.2) is 0 Å². The van der Waals surface area contributed by atoms with E-state index in [1.807, 2.05) is 54.6 Å². The van der Waals surface area contributed by atoms with E-state index in [1.165, 1.54) is 0 Å². The number of rotatable bonds is 9. The minimum Gasteiger partial charge on any atom is -0.497 e. The standard InChI is InChI=1S/C25H25NO4/c1-5-7-17-26-22(24(25(26)27)30-20-11-9-8-10-12-20)23(29-4)21(6-2)18-13-15-19(28-3)16-14-18/h7-16,22-24H,1-2,17H2,3-4H3/t22-,23+,24+/m0/s1. The lowest BCUT2D eigenvalue weighted by molar-refractivity contribution is -0.169. The molecule has 0 unspecified atom stereocenters. The van der Waals surface area contributed by atoms with Crippen molar-refractivity contribution in [2.75, 3.05) is 20.8 Å². The molecule has 3 rings (SSSR count). The third-order valence-corrected chi connectivity index (χ3v) is 5.08. The molecule has 0 bridgehead atoms. The van der Waals surface area contributed by atoms with Crippen LogP contribution in [0.4, 0.5) is 0 Å². The lowest BCUT2D eigenvalue weighted by Crippen LogP contribution is -2.71. The Bertz CT molecular complexity index is 970. The highest BCUT2D eigenvalue weighted by Crippen LogP contribution is 2.35. The van der Waals surface area contributed by atoms with Gasteiger partial charge in [0.2, 0.25) is 0 Å². The number of benzene rings is 2. The summed E-state index contributed by atoms with van der Waals surface area (Å²) in [5.41, 5.74) is 7.35. The second-order valence-corrected chi connectivity index (χ2v) is 6.72. The van der Waals surface area contributed by atoms with Gasteiger partial charge < -0.3 is 19.1 Å². The van der Waals surface area contributed by atoms with Crippen LogP contribution in [0, 0.1) is 0 Å². The average molecular weight is 403 g/mol. The van der Waals surface area contributed by atoms with Gasteiger partial charge in [-0.1, -0.05) is 43.5 Å². The number of β-lactam (4-membered cyclic amide) rings is 1. The summed E-state index contributed by atoms with van der Waals surface area (Å²) in [6.45, 7) is 7.81. The Morgan fingerprint density at radius 2 is 1.80 bits per heavy atom. The van der Waals surface area contributed by atoms with Crippen molar-refractivity contribution in [3.63, 3.8) is 0 Å². The first-order valence-corrected chi connectivity index (χ1v) is 9.58. The molecule has 30 heavy (non-hydrogen) atoms. The van der Waals surface area contributed by atoms with Gasteiger partial charge in [-0.15, -0.1) is 11.5 Å². The first-order chi connectivity index (χ1) is 14.6. The Balaban J connectivity index is 1.93. The maximum atomic E-state index is 12.8. The summed E-state index contributed by atoms with van der Waals surface area (Å²) in [4.78, 5) is 14.5. The number of hydrogen-bond acceptors (Lipinski definition) is 4. The van der Waals surface area contributed by atoms with Gasteiger partial charge in [0.15, 0.2) is 6.10 Å². The Hall–Kier alpha value is -3.49. The molecule has 0 radical (unpaired) electrons. The van der Waals surface area contributed by atoms with Crippen molar-refractivity contribution in [3.8, 4) is 11.5 Å². The number of likely N-dealkylation sites (tertiary alicyclic amines) is 1. The van der Waals surface area contributed by atoms with Crippen LogP contribution in [0.15, 0.2) is 85.3 Å². The largest absolute Gasteiger partial charge is 0.497 e. The predicted molar refractivity (Wildman–Crippen MR) is 116 cm³/mol. The van der Waals surface area contributed by atoms with E-state index >= 15 is 0 Å². The molecule has 2 aromatic carbocycles. The van der Waals surface area contributed by atoms with Crippen molar-refractivity contribution < 1.29 is 19.0 Å². The number of ether oxygens (including phenoxy) is 3. The minimum atomic E-state index is -0.683. The molecule has 154 valence electrons. The van der Waals surface area contributed by atoms with E-state index in [1.54, 1.807) is 25.2 Å². The van der Waals surface area contributed by atoms with E-state index in [2.05, 4.69) is 24.6 Å². The van der Waals surface area contributed by atoms with E-state index in [4.69, 9.17) is 14.2 Å². The number of carbonyl (C=O) groups is 1. The maximum Gasteiger partial charge on any atom is 0.266 e. The molecule has 0 N–H and O–H groups in total. The SMILES string of the molecule is C=C=CCN1C(=O)[C@H](Oc2ccccc2)[C@@H]1[C@H](OC)C(=C=C)c1ccc(OC)cc1. The average Bonchev–Trinajstić information content (AvgIpc) is 2.80. The van der Waals surface area contributed by atoms with Gasteiger partial charge in [-0.05, 0) is 35.9 Å². The molecule has 1 aliphatic heterocycles. The van der Waals surface area contributed by atoms with E-state index < -0.39 is 12.2 Å². The monoisotopic (exact) mass is 403 g/mol. The van der Waals surface area contributed by atoms with E-state index in [-0.39, 0.29) is 11.9 Å². The Morgan fingerprint density at radius 3 is 2.37 bits per heavy atom. The lowest BCUT2D eigenvalue weighted by atomic mass is 9.85. The molecule has 1 amide bonds. The van der Waals surface area contributed by atoms with Crippen molar-refractivity contribution in [2.45, 2.75) is 18.2 Å². The molecular weight excluding hydrogens is 378 g/mol. The fourth-order valence-electron chi connectivity index (χ4n) is 3.57. The van der Waals surface area contributed by atoms with Crippen LogP contribution in [-0.2, 0) is 9.53 Å². The molecule has 2 aromatic rings. The summed E-state index contributed by atoms with van der Waals surface area (Å²) < 4.78 is 17.1. The van der Waals surface area contributed by atoms with Crippen molar-refractivity contribution in [1.29, 1.82) is 0 Å². The van der Waals surface area contributed by atoms with Crippen molar-refractivity contribution in [2.24, 2.45) is 0 Å². The maximum absolute atomic E-state index is 12.8. The van der Waals surface area contributed by atoms with Gasteiger partial charge in [0.1, 0.15) is 23.6 Å². The van der Waals surface area contributed by atoms with Gasteiger partial charge in [0, 0.05) is 19.2 Å². The zero-order valence-corrected chi connectivity index (χ0v) is 17.2. The van der Waals surface area contributed by atoms with Crippen LogP contribution in [0.5, 0.6) is 11.5 Å². The van der Waals surface area contributed by atoms with Crippen molar-refractivity contribution in [1.82, 2.24) is 4.90 Å². The van der Waals surface area contributed by atoms with Crippen LogP contribution >= 0.6 is 0 Å². The number of para-hydroxylation sites is 1.